The number of benzene rings is 2. The lowest BCUT2D eigenvalue weighted by Gasteiger charge is -2.02. The van der Waals surface area contributed by atoms with Crippen molar-refractivity contribution in [2.75, 3.05) is 0 Å². The number of aryl methyl sites for hydroxylation is 2. The number of aromatic amines is 1. The molecule has 0 unspecified atom stereocenters. The predicted molar refractivity (Wildman–Crippen MR) is 97.2 cm³/mol. The minimum Gasteiger partial charge on any atom is -0.332 e. The van der Waals surface area contributed by atoms with E-state index in [4.69, 9.17) is 16.1 Å². The first-order valence-corrected chi connectivity index (χ1v) is 8.21. The normalized spacial score (nSPS) is 11.0. The molecule has 124 valence electrons. The highest BCUT2D eigenvalue weighted by molar-refractivity contribution is 6.33. The molecule has 6 heteroatoms. The Kier molecular flexibility index (Phi) is 3.86. The first-order valence-electron chi connectivity index (χ1n) is 7.84. The van der Waals surface area contributed by atoms with Crippen LogP contribution in [0.4, 0.5) is 0 Å². The number of hydrogen-bond acceptors (Lipinski definition) is 4. The summed E-state index contributed by atoms with van der Waals surface area (Å²) in [7, 11) is 0. The molecule has 0 atom stereocenters. The molecule has 0 aliphatic rings. The average molecular weight is 351 g/mol. The first-order chi connectivity index (χ1) is 12.1. The molecule has 0 aliphatic carbocycles. The standard InChI is InChI=1S/C19H15ClN4O/c1-11-7-8-12(2)14(9-11)16-10-17(23-22-16)19-21-18(24-25-19)13-5-3-4-6-15(13)20/h3-10H,1-2H3,(H,22,23). The molecule has 5 nitrogen and oxygen atoms in total. The highest BCUT2D eigenvalue weighted by Crippen LogP contribution is 2.29. The molecule has 1 N–H and O–H groups in total. The Hall–Kier alpha value is -2.92. The molecule has 0 spiro atoms. The molecule has 0 radical (unpaired) electrons. The van der Waals surface area contributed by atoms with Gasteiger partial charge in [-0.05, 0) is 43.7 Å². The molecule has 0 saturated heterocycles. The van der Waals surface area contributed by atoms with Gasteiger partial charge in [-0.2, -0.15) is 10.1 Å². The maximum absolute atomic E-state index is 6.19. The van der Waals surface area contributed by atoms with Crippen molar-refractivity contribution in [1.29, 1.82) is 0 Å². The molecule has 4 aromatic rings. The van der Waals surface area contributed by atoms with Gasteiger partial charge in [0.25, 0.3) is 5.89 Å². The number of H-pyrrole nitrogens is 1. The fraction of sp³-hybridized carbons (Fsp3) is 0.105. The summed E-state index contributed by atoms with van der Waals surface area (Å²) >= 11 is 6.19. The van der Waals surface area contributed by atoms with Gasteiger partial charge in [-0.3, -0.25) is 5.10 Å². The topological polar surface area (TPSA) is 67.6 Å². The summed E-state index contributed by atoms with van der Waals surface area (Å²) in [6.07, 6.45) is 0. The van der Waals surface area contributed by atoms with Crippen molar-refractivity contribution in [3.05, 3.63) is 64.7 Å². The smallest absolute Gasteiger partial charge is 0.276 e. The van der Waals surface area contributed by atoms with Gasteiger partial charge in [0.1, 0.15) is 5.69 Å². The molecule has 0 fully saturated rings. The maximum atomic E-state index is 6.19. The Morgan fingerprint density at radius 1 is 1.00 bits per heavy atom. The van der Waals surface area contributed by atoms with Crippen molar-refractivity contribution in [3.8, 4) is 34.2 Å². The third-order valence-corrected chi connectivity index (χ3v) is 4.35. The first kappa shape index (κ1) is 15.6. The number of hydrogen-bond donors (Lipinski definition) is 1. The fourth-order valence-corrected chi connectivity index (χ4v) is 2.89. The molecule has 0 bridgehead atoms. The third kappa shape index (κ3) is 2.94. The van der Waals surface area contributed by atoms with E-state index in [1.54, 1.807) is 6.07 Å². The predicted octanol–water partition coefficient (Wildman–Crippen LogP) is 5.06. The minimum absolute atomic E-state index is 0.374. The highest BCUT2D eigenvalue weighted by atomic mass is 35.5. The molecular weight excluding hydrogens is 336 g/mol. The second kappa shape index (κ2) is 6.18. The van der Waals surface area contributed by atoms with Crippen LogP contribution in [0.1, 0.15) is 11.1 Å². The number of aromatic nitrogens is 4. The lowest BCUT2D eigenvalue weighted by atomic mass is 10.0. The van der Waals surface area contributed by atoms with Crippen molar-refractivity contribution in [3.63, 3.8) is 0 Å². The van der Waals surface area contributed by atoms with E-state index in [1.165, 1.54) is 5.56 Å². The summed E-state index contributed by atoms with van der Waals surface area (Å²) in [6.45, 7) is 4.12. The Morgan fingerprint density at radius 3 is 2.68 bits per heavy atom. The monoisotopic (exact) mass is 350 g/mol. The molecule has 2 aromatic heterocycles. The molecule has 2 aromatic carbocycles. The van der Waals surface area contributed by atoms with Crippen LogP contribution < -0.4 is 0 Å². The fourth-order valence-electron chi connectivity index (χ4n) is 2.67. The van der Waals surface area contributed by atoms with Crippen LogP contribution in [0.15, 0.2) is 53.1 Å². The Bertz CT molecular complexity index is 1050. The van der Waals surface area contributed by atoms with Gasteiger partial charge in [0.15, 0.2) is 0 Å². The second-order valence-corrected chi connectivity index (χ2v) is 6.30. The van der Waals surface area contributed by atoms with E-state index in [1.807, 2.05) is 24.3 Å². The van der Waals surface area contributed by atoms with Crippen molar-refractivity contribution >= 4 is 11.6 Å². The van der Waals surface area contributed by atoms with Crippen LogP contribution >= 0.6 is 11.6 Å². The second-order valence-electron chi connectivity index (χ2n) is 5.89. The Balaban J connectivity index is 1.70. The molecule has 0 saturated carbocycles. The maximum Gasteiger partial charge on any atom is 0.276 e. The van der Waals surface area contributed by atoms with Gasteiger partial charge in [-0.25, -0.2) is 0 Å². The number of nitrogens with zero attached hydrogens (tertiary/aromatic N) is 3. The van der Waals surface area contributed by atoms with Gasteiger partial charge in [0.05, 0.1) is 10.7 Å². The van der Waals surface area contributed by atoms with Crippen LogP contribution in [0.25, 0.3) is 34.2 Å². The van der Waals surface area contributed by atoms with E-state index < -0.39 is 0 Å². The zero-order valence-electron chi connectivity index (χ0n) is 13.7. The van der Waals surface area contributed by atoms with E-state index in [0.717, 1.165) is 22.4 Å². The summed E-state index contributed by atoms with van der Waals surface area (Å²) in [6, 6.07) is 15.6. The van der Waals surface area contributed by atoms with Crippen LogP contribution in [0.2, 0.25) is 5.02 Å². The van der Waals surface area contributed by atoms with Gasteiger partial charge in [-0.1, -0.05) is 46.6 Å². The third-order valence-electron chi connectivity index (χ3n) is 4.02. The van der Waals surface area contributed by atoms with Gasteiger partial charge in [0.2, 0.25) is 5.82 Å². The summed E-state index contributed by atoms with van der Waals surface area (Å²) in [5, 5.41) is 12.0. The van der Waals surface area contributed by atoms with E-state index in [2.05, 4.69) is 52.4 Å². The summed E-state index contributed by atoms with van der Waals surface area (Å²) in [5.74, 6) is 0.822. The Morgan fingerprint density at radius 2 is 1.84 bits per heavy atom. The van der Waals surface area contributed by atoms with Crippen LogP contribution in [0.3, 0.4) is 0 Å². The zero-order valence-corrected chi connectivity index (χ0v) is 14.5. The lowest BCUT2D eigenvalue weighted by Crippen LogP contribution is -1.84. The lowest BCUT2D eigenvalue weighted by molar-refractivity contribution is 0.431. The van der Waals surface area contributed by atoms with Crippen LogP contribution in [0, 0.1) is 13.8 Å². The largest absolute Gasteiger partial charge is 0.332 e. The van der Waals surface area contributed by atoms with Gasteiger partial charge in [-0.15, -0.1) is 0 Å². The molecular formula is C19H15ClN4O. The minimum atomic E-state index is 0.374. The molecule has 25 heavy (non-hydrogen) atoms. The van der Waals surface area contributed by atoms with Crippen molar-refractivity contribution < 1.29 is 4.52 Å². The van der Waals surface area contributed by atoms with Crippen LogP contribution in [0.5, 0.6) is 0 Å². The average Bonchev–Trinajstić information content (AvgIpc) is 3.26. The van der Waals surface area contributed by atoms with Gasteiger partial charge >= 0.3 is 0 Å². The van der Waals surface area contributed by atoms with Crippen LogP contribution in [-0.2, 0) is 0 Å². The SMILES string of the molecule is Cc1ccc(C)c(-c2cc(-c3nc(-c4ccccc4Cl)no3)[nH]n2)c1. The molecule has 2 heterocycles. The van der Waals surface area contributed by atoms with Crippen LogP contribution in [-0.4, -0.2) is 20.3 Å². The summed E-state index contributed by atoms with van der Waals surface area (Å²) in [4.78, 5) is 4.43. The van der Waals surface area contributed by atoms with Crippen molar-refractivity contribution in [2.24, 2.45) is 0 Å². The molecule has 0 aliphatic heterocycles. The van der Waals surface area contributed by atoms with Gasteiger partial charge < -0.3 is 4.52 Å². The van der Waals surface area contributed by atoms with E-state index in [0.29, 0.717) is 22.4 Å². The van der Waals surface area contributed by atoms with Crippen molar-refractivity contribution in [1.82, 2.24) is 20.3 Å². The zero-order chi connectivity index (χ0) is 17.4. The quantitative estimate of drug-likeness (QED) is 0.560. The number of halogens is 1. The summed E-state index contributed by atoms with van der Waals surface area (Å²) < 4.78 is 5.37. The van der Waals surface area contributed by atoms with E-state index in [9.17, 15) is 0 Å². The van der Waals surface area contributed by atoms with Gasteiger partial charge in [0, 0.05) is 11.1 Å². The van der Waals surface area contributed by atoms with E-state index >= 15 is 0 Å². The summed E-state index contributed by atoms with van der Waals surface area (Å²) in [5.41, 5.74) is 5.66. The van der Waals surface area contributed by atoms with E-state index in [-0.39, 0.29) is 0 Å². The molecule has 4 rings (SSSR count). The number of rotatable bonds is 3. The highest BCUT2D eigenvalue weighted by Gasteiger charge is 2.16. The Labute approximate surface area is 149 Å². The number of nitrogens with one attached hydrogen (secondary N) is 1. The van der Waals surface area contributed by atoms with Crippen molar-refractivity contribution in [2.45, 2.75) is 13.8 Å². The molecule has 0 amide bonds.